The fraction of sp³-hybridized carbons (Fsp3) is 0.380. The van der Waals surface area contributed by atoms with E-state index in [4.69, 9.17) is 0 Å². The molecule has 30 heteroatoms. The van der Waals surface area contributed by atoms with Gasteiger partial charge >= 0.3 is 0 Å². The number of hydrogen-bond donors (Lipinski definition) is 10. The predicted octanol–water partition coefficient (Wildman–Crippen LogP) is 0.902. The molecular formula is C50H65N19O10S. The van der Waals surface area contributed by atoms with Gasteiger partial charge in [-0.05, 0) is 57.7 Å². The lowest BCUT2D eigenvalue weighted by Crippen LogP contribution is -2.32. The minimum atomic E-state index is -0.618. The van der Waals surface area contributed by atoms with Crippen LogP contribution in [0.5, 0.6) is 0 Å². The molecule has 0 radical (unpaired) electrons. The summed E-state index contributed by atoms with van der Waals surface area (Å²) < 4.78 is 7.40. The molecular weight excluding hydrogens is 1060 g/mol. The van der Waals surface area contributed by atoms with Crippen molar-refractivity contribution in [1.82, 2.24) is 69.3 Å². The van der Waals surface area contributed by atoms with Crippen LogP contribution in [-0.2, 0) is 54.4 Å². The van der Waals surface area contributed by atoms with Gasteiger partial charge in [0.2, 0.25) is 35.3 Å². The predicted molar refractivity (Wildman–Crippen MR) is 295 cm³/mol. The largest absolute Gasteiger partial charge is 0.356 e. The Morgan fingerprint density at radius 2 is 0.950 bits per heavy atom. The Kier molecular flexibility index (Phi) is 20.7. The van der Waals surface area contributed by atoms with Gasteiger partial charge in [0.25, 0.3) is 35.4 Å². The third kappa shape index (κ3) is 17.0. The maximum Gasteiger partial charge on any atom is 0.291 e. The molecule has 0 saturated carbocycles. The zero-order valence-corrected chi connectivity index (χ0v) is 46.3. The van der Waals surface area contributed by atoms with Gasteiger partial charge in [-0.3, -0.25) is 47.9 Å². The number of nitrogens with zero attached hydrogens (tertiary/aromatic N) is 9. The average molecular weight is 1120 g/mol. The first-order valence-corrected chi connectivity index (χ1v) is 25.9. The number of anilines is 5. The minimum absolute atomic E-state index is 0.0309. The molecule has 0 fully saturated rings. The number of rotatable bonds is 27. The van der Waals surface area contributed by atoms with E-state index in [1.165, 1.54) is 55.2 Å². The van der Waals surface area contributed by atoms with Crippen LogP contribution in [0.3, 0.4) is 0 Å². The van der Waals surface area contributed by atoms with Crippen LogP contribution in [0.2, 0.25) is 0 Å². The van der Waals surface area contributed by atoms with Crippen LogP contribution in [0.25, 0.3) is 0 Å². The SMILES string of the molecule is Cc1cc(NC(=O)CCNC(=O)c2cc(NC(=O)c3nc(NC(=O)CCNC(=O)c4nccn4C)cn3C)cn2C)sc1C(=O)NCCC(=O)Nc1cn(C)c(C(=O)Nc2cc(C(=O)NCCC(=O)NCCCN(C)C)n(C)c2)n1. The minimum Gasteiger partial charge on any atom is -0.356 e. The molecule has 6 aromatic heterocycles. The number of thiophene rings is 1. The molecule has 0 aromatic carbocycles. The fourth-order valence-corrected chi connectivity index (χ4v) is 8.75. The van der Waals surface area contributed by atoms with Gasteiger partial charge in [-0.2, -0.15) is 0 Å². The number of aryl methyl sites for hydroxylation is 6. The summed E-state index contributed by atoms with van der Waals surface area (Å²) in [4.78, 5) is 143. The first-order valence-electron chi connectivity index (χ1n) is 25.1. The molecule has 426 valence electrons. The van der Waals surface area contributed by atoms with Crippen LogP contribution in [-0.4, -0.2) is 155 Å². The van der Waals surface area contributed by atoms with Crippen LogP contribution in [0.1, 0.15) is 100 Å². The second-order valence-corrected chi connectivity index (χ2v) is 19.7. The van der Waals surface area contributed by atoms with E-state index in [2.05, 4.69) is 68.1 Å². The van der Waals surface area contributed by atoms with Gasteiger partial charge in [-0.1, -0.05) is 0 Å². The van der Waals surface area contributed by atoms with E-state index >= 15 is 0 Å². The van der Waals surface area contributed by atoms with Crippen LogP contribution in [0.15, 0.2) is 55.4 Å². The summed E-state index contributed by atoms with van der Waals surface area (Å²) >= 11 is 1.03. The van der Waals surface area contributed by atoms with E-state index < -0.39 is 53.2 Å². The lowest BCUT2D eigenvalue weighted by molar-refractivity contribution is -0.121. The van der Waals surface area contributed by atoms with Crippen molar-refractivity contribution < 1.29 is 47.9 Å². The Morgan fingerprint density at radius 1 is 0.487 bits per heavy atom. The molecule has 29 nitrogen and oxygen atoms in total. The number of aromatic nitrogens is 8. The summed E-state index contributed by atoms with van der Waals surface area (Å²) in [5.74, 6) is -4.25. The molecule has 0 aliphatic rings. The smallest absolute Gasteiger partial charge is 0.291 e. The van der Waals surface area contributed by atoms with E-state index in [0.29, 0.717) is 27.7 Å². The number of carbonyl (C=O) groups excluding carboxylic acids is 10. The van der Waals surface area contributed by atoms with Crippen molar-refractivity contribution in [2.75, 3.05) is 79.9 Å². The number of nitrogens with one attached hydrogen (secondary N) is 10. The summed E-state index contributed by atoms with van der Waals surface area (Å²) in [7, 11) is 12.0. The third-order valence-electron chi connectivity index (χ3n) is 11.8. The van der Waals surface area contributed by atoms with Crippen molar-refractivity contribution in [2.45, 2.75) is 39.0 Å². The van der Waals surface area contributed by atoms with Crippen LogP contribution >= 0.6 is 11.3 Å². The normalized spacial score (nSPS) is 10.9. The summed E-state index contributed by atoms with van der Waals surface area (Å²) in [5, 5.41) is 27.2. The molecule has 6 heterocycles. The topological polar surface area (TPSA) is 358 Å². The molecule has 0 bridgehead atoms. The number of hydrogen-bond acceptors (Lipinski definition) is 15. The van der Waals surface area contributed by atoms with Crippen molar-refractivity contribution in [1.29, 1.82) is 0 Å². The molecule has 0 spiro atoms. The van der Waals surface area contributed by atoms with Crippen molar-refractivity contribution in [3.05, 3.63) is 94.7 Å². The fourth-order valence-electron chi connectivity index (χ4n) is 7.74. The molecule has 6 aromatic rings. The van der Waals surface area contributed by atoms with Crippen LogP contribution in [0.4, 0.5) is 28.0 Å². The van der Waals surface area contributed by atoms with Crippen molar-refractivity contribution in [3.8, 4) is 0 Å². The van der Waals surface area contributed by atoms with Crippen LogP contribution in [0, 0.1) is 6.92 Å². The highest BCUT2D eigenvalue weighted by Crippen LogP contribution is 2.27. The monoisotopic (exact) mass is 1120 g/mol. The standard InChI is InChI=1S/C50H65N19O10S/c1-29-22-40(63-39(73)13-16-54-46(75)33-24-31(26-67(33)6)58-50(79)44-62-35(28-69(44)8)60-38(72)12-18-56-48(77)42-52-19-21-65(42)4)80-41(29)47(76)55-17-11-37(71)59-34-27-68(7)43(61-34)49(78)57-30-23-32(66(5)25-30)45(74)53-15-10-36(70)51-14-9-20-64(2)3/h19,21-28H,9-18,20H2,1-8H3,(H,51,70)(H,53,74)(H,54,75)(H,55,76)(H,56,77)(H,57,78)(H,58,79)(H,59,71)(H,60,72)(H,63,73). The lowest BCUT2D eigenvalue weighted by atomic mass is 10.2. The first kappa shape index (κ1) is 59.8. The molecule has 10 N–H and O–H groups in total. The second-order valence-electron chi connectivity index (χ2n) is 18.6. The van der Waals surface area contributed by atoms with Crippen molar-refractivity contribution in [2.24, 2.45) is 35.2 Å². The molecule has 10 amide bonds. The van der Waals surface area contributed by atoms with E-state index in [-0.39, 0.29) is 104 Å². The maximum atomic E-state index is 13.2. The Bertz CT molecular complexity index is 3280. The molecule has 0 aliphatic carbocycles. The number of carbonyl (C=O) groups is 10. The Morgan fingerprint density at radius 3 is 1.43 bits per heavy atom. The van der Waals surface area contributed by atoms with E-state index in [9.17, 15) is 47.9 Å². The molecule has 6 rings (SSSR count). The van der Waals surface area contributed by atoms with Gasteiger partial charge in [-0.25, -0.2) is 15.0 Å². The highest BCUT2D eigenvalue weighted by Gasteiger charge is 2.22. The molecule has 0 atom stereocenters. The highest BCUT2D eigenvalue weighted by atomic mass is 32.1. The highest BCUT2D eigenvalue weighted by molar-refractivity contribution is 7.18. The maximum absolute atomic E-state index is 13.2. The Balaban J connectivity index is 0.870. The van der Waals surface area contributed by atoms with Gasteiger partial charge in [0, 0.05) is 131 Å². The van der Waals surface area contributed by atoms with Crippen molar-refractivity contribution >= 4 is 98.4 Å². The van der Waals surface area contributed by atoms with E-state index in [0.717, 1.165) is 24.3 Å². The number of amides is 10. The first-order chi connectivity index (χ1) is 38.0. The summed E-state index contributed by atoms with van der Waals surface area (Å²) in [6.07, 6.45) is 9.70. The Labute approximate surface area is 463 Å². The van der Waals surface area contributed by atoms with Gasteiger partial charge in [0.05, 0.1) is 21.3 Å². The molecule has 0 unspecified atom stereocenters. The molecule has 80 heavy (non-hydrogen) atoms. The van der Waals surface area contributed by atoms with Crippen LogP contribution < -0.4 is 53.2 Å². The van der Waals surface area contributed by atoms with Gasteiger partial charge in [0.1, 0.15) is 11.4 Å². The molecule has 0 saturated heterocycles. The van der Waals surface area contributed by atoms with E-state index in [1.807, 2.05) is 19.0 Å². The quantitative estimate of drug-likeness (QED) is 0.0321. The zero-order chi connectivity index (χ0) is 58.2. The average Bonchev–Trinajstić information content (AvgIpc) is 4.27. The van der Waals surface area contributed by atoms with Crippen molar-refractivity contribution in [3.63, 3.8) is 0 Å². The zero-order valence-electron chi connectivity index (χ0n) is 45.5. The Hall–Kier alpha value is -9.45. The summed E-state index contributed by atoms with van der Waals surface area (Å²) in [6, 6.07) is 4.56. The van der Waals surface area contributed by atoms with E-state index in [1.54, 1.807) is 65.2 Å². The van der Waals surface area contributed by atoms with Gasteiger partial charge < -0.3 is 80.9 Å². The summed E-state index contributed by atoms with van der Waals surface area (Å²) in [6.45, 7) is 3.17. The molecule has 0 aliphatic heterocycles. The van der Waals surface area contributed by atoms with Gasteiger partial charge in [-0.15, -0.1) is 11.3 Å². The van der Waals surface area contributed by atoms with Gasteiger partial charge in [0.15, 0.2) is 17.5 Å². The summed E-state index contributed by atoms with van der Waals surface area (Å²) in [5.41, 5.74) is 1.62. The number of imidazole rings is 3. The third-order valence-corrected chi connectivity index (χ3v) is 12.9. The second kappa shape index (κ2) is 27.7. The lowest BCUT2D eigenvalue weighted by Gasteiger charge is -2.10.